The van der Waals surface area contributed by atoms with Gasteiger partial charge < -0.3 is 19.1 Å². The lowest BCUT2D eigenvalue weighted by Crippen LogP contribution is -2.52. The molecule has 2 fully saturated rings. The second kappa shape index (κ2) is 12.1. The summed E-state index contributed by atoms with van der Waals surface area (Å²) in [5.74, 6) is 0.823. The normalized spacial score (nSPS) is 16.8. The maximum atomic E-state index is 12.7. The maximum absolute atomic E-state index is 12.7. The third kappa shape index (κ3) is 7.56. The van der Waals surface area contributed by atoms with Gasteiger partial charge in [-0.15, -0.1) is 0 Å². The second-order valence-electron chi connectivity index (χ2n) is 10.4. The van der Waals surface area contributed by atoms with Crippen LogP contribution in [0.25, 0.3) is 0 Å². The van der Waals surface area contributed by atoms with Crippen molar-refractivity contribution in [1.29, 1.82) is 0 Å². The van der Waals surface area contributed by atoms with Crippen LogP contribution in [0.15, 0.2) is 42.7 Å². The molecule has 1 aromatic carbocycles. The first kappa shape index (κ1) is 27.2. The van der Waals surface area contributed by atoms with Gasteiger partial charge in [-0.2, -0.15) is 0 Å². The number of hydrogen-bond donors (Lipinski definition) is 0. The summed E-state index contributed by atoms with van der Waals surface area (Å²) in [4.78, 5) is 50.6. The molecule has 2 aromatic rings. The maximum Gasteiger partial charge on any atom is 0.410 e. The Balaban J connectivity index is 1.19. The first-order valence-electron chi connectivity index (χ1n) is 12.9. The van der Waals surface area contributed by atoms with E-state index in [4.69, 9.17) is 14.2 Å². The molecule has 4 rings (SSSR count). The number of anilines is 1. The molecule has 11 heteroatoms. The van der Waals surface area contributed by atoms with E-state index in [1.807, 2.05) is 51.1 Å². The summed E-state index contributed by atoms with van der Waals surface area (Å²) >= 11 is 0. The average Bonchev–Trinajstić information content (AvgIpc) is 2.91. The highest BCUT2D eigenvalue weighted by atomic mass is 16.6. The first-order valence-corrected chi connectivity index (χ1v) is 12.9. The Hall–Kier alpha value is -3.89. The third-order valence-electron chi connectivity index (χ3n) is 6.31. The van der Waals surface area contributed by atoms with Crippen LogP contribution in [0.4, 0.5) is 15.4 Å². The molecule has 0 spiro atoms. The molecule has 0 bridgehead atoms. The van der Waals surface area contributed by atoms with Gasteiger partial charge in [0.15, 0.2) is 5.82 Å². The zero-order valence-electron chi connectivity index (χ0n) is 22.2. The number of carbonyl (C=O) groups excluding carboxylic acids is 3. The Morgan fingerprint density at radius 3 is 2.32 bits per heavy atom. The van der Waals surface area contributed by atoms with Crippen LogP contribution in [0.3, 0.4) is 0 Å². The predicted molar refractivity (Wildman–Crippen MR) is 139 cm³/mol. The molecule has 38 heavy (non-hydrogen) atoms. The number of hydrogen-bond acceptors (Lipinski definition) is 8. The van der Waals surface area contributed by atoms with Crippen molar-refractivity contribution in [3.05, 3.63) is 48.3 Å². The number of rotatable bonds is 6. The van der Waals surface area contributed by atoms with E-state index in [-0.39, 0.29) is 25.2 Å². The van der Waals surface area contributed by atoms with E-state index in [2.05, 4.69) is 9.97 Å². The molecule has 0 saturated carbocycles. The lowest BCUT2D eigenvalue weighted by molar-refractivity contribution is -0.121. The van der Waals surface area contributed by atoms with Crippen LogP contribution in [0.1, 0.15) is 39.2 Å². The fourth-order valence-electron chi connectivity index (χ4n) is 4.22. The second-order valence-corrected chi connectivity index (χ2v) is 10.4. The van der Waals surface area contributed by atoms with Gasteiger partial charge in [-0.25, -0.2) is 19.6 Å². The molecule has 0 aliphatic carbocycles. The lowest BCUT2D eigenvalue weighted by atomic mass is 9.98. The van der Waals surface area contributed by atoms with E-state index in [0.717, 1.165) is 18.4 Å². The van der Waals surface area contributed by atoms with Gasteiger partial charge in [0.1, 0.15) is 18.8 Å². The molecule has 0 N–H and O–H groups in total. The molecule has 204 valence electrons. The zero-order valence-corrected chi connectivity index (χ0v) is 22.2. The number of nitrogens with zero attached hydrogens (tertiary/aromatic N) is 5. The van der Waals surface area contributed by atoms with Crippen LogP contribution in [-0.4, -0.2) is 82.8 Å². The standard InChI is InChI=1S/C27H35N5O6/c1-27(2,3)38-26(35)30-11-9-21(10-12-30)18-36-23-16-28-22(15-29-23)32-14-13-31(17-24(32)33)25(34)37-19-20-7-5-4-6-8-20/h4-8,15-16,21H,9-14,17-19H2,1-3H3. The minimum absolute atomic E-state index is 0.0878. The summed E-state index contributed by atoms with van der Waals surface area (Å²) in [7, 11) is 0. The van der Waals surface area contributed by atoms with E-state index in [0.29, 0.717) is 50.4 Å². The Morgan fingerprint density at radius 1 is 0.947 bits per heavy atom. The molecule has 0 atom stereocenters. The zero-order chi connectivity index (χ0) is 27.1. The molecule has 0 unspecified atom stereocenters. The van der Waals surface area contributed by atoms with E-state index in [1.165, 1.54) is 22.2 Å². The molecule has 2 aliphatic heterocycles. The van der Waals surface area contributed by atoms with Crippen molar-refractivity contribution in [2.24, 2.45) is 5.92 Å². The van der Waals surface area contributed by atoms with E-state index >= 15 is 0 Å². The molecule has 0 radical (unpaired) electrons. The molecular weight excluding hydrogens is 490 g/mol. The largest absolute Gasteiger partial charge is 0.476 e. The van der Waals surface area contributed by atoms with Gasteiger partial charge in [0.05, 0.1) is 19.0 Å². The average molecular weight is 526 g/mol. The summed E-state index contributed by atoms with van der Waals surface area (Å²) < 4.78 is 16.6. The van der Waals surface area contributed by atoms with Crippen molar-refractivity contribution in [3.8, 4) is 5.88 Å². The topological polar surface area (TPSA) is 114 Å². The van der Waals surface area contributed by atoms with Crippen molar-refractivity contribution in [2.45, 2.75) is 45.8 Å². The van der Waals surface area contributed by atoms with Gasteiger partial charge in [-0.05, 0) is 45.1 Å². The number of piperazine rings is 1. The Kier molecular flexibility index (Phi) is 8.65. The predicted octanol–water partition coefficient (Wildman–Crippen LogP) is 3.49. The number of aromatic nitrogens is 2. The smallest absolute Gasteiger partial charge is 0.410 e. The minimum Gasteiger partial charge on any atom is -0.476 e. The van der Waals surface area contributed by atoms with Gasteiger partial charge >= 0.3 is 12.2 Å². The molecule has 3 amide bonds. The van der Waals surface area contributed by atoms with Crippen LogP contribution in [0.5, 0.6) is 5.88 Å². The monoisotopic (exact) mass is 525 g/mol. The third-order valence-corrected chi connectivity index (χ3v) is 6.31. The Bertz CT molecular complexity index is 1100. The number of carbonyl (C=O) groups is 3. The first-order chi connectivity index (χ1) is 18.2. The van der Waals surface area contributed by atoms with Crippen molar-refractivity contribution < 1.29 is 28.6 Å². The fourth-order valence-corrected chi connectivity index (χ4v) is 4.22. The van der Waals surface area contributed by atoms with Crippen molar-refractivity contribution in [1.82, 2.24) is 19.8 Å². The van der Waals surface area contributed by atoms with Gasteiger partial charge in [0, 0.05) is 26.2 Å². The summed E-state index contributed by atoms with van der Waals surface area (Å²) in [6.07, 6.45) is 3.83. The lowest BCUT2D eigenvalue weighted by Gasteiger charge is -2.33. The van der Waals surface area contributed by atoms with Crippen LogP contribution in [0, 0.1) is 5.92 Å². The van der Waals surface area contributed by atoms with Gasteiger partial charge in [-0.1, -0.05) is 30.3 Å². The molecule has 2 saturated heterocycles. The molecule has 2 aliphatic rings. The Morgan fingerprint density at radius 2 is 1.68 bits per heavy atom. The molecular formula is C27H35N5O6. The van der Waals surface area contributed by atoms with Crippen molar-refractivity contribution in [2.75, 3.05) is 44.2 Å². The van der Waals surface area contributed by atoms with Gasteiger partial charge in [0.2, 0.25) is 11.8 Å². The summed E-state index contributed by atoms with van der Waals surface area (Å²) in [5.41, 5.74) is 0.378. The number of amides is 3. The minimum atomic E-state index is -0.520. The van der Waals surface area contributed by atoms with Crippen LogP contribution < -0.4 is 9.64 Å². The SMILES string of the molecule is CC(C)(C)OC(=O)N1CCC(COc2cnc(N3CCN(C(=O)OCc4ccccc4)CC3=O)cn2)CC1. The van der Waals surface area contributed by atoms with Crippen LogP contribution in [0.2, 0.25) is 0 Å². The highest BCUT2D eigenvalue weighted by Gasteiger charge is 2.30. The van der Waals surface area contributed by atoms with Crippen molar-refractivity contribution in [3.63, 3.8) is 0 Å². The Labute approximate surface area is 222 Å². The molecule has 3 heterocycles. The van der Waals surface area contributed by atoms with Gasteiger partial charge in [0.25, 0.3) is 0 Å². The highest BCUT2D eigenvalue weighted by molar-refractivity contribution is 5.96. The molecule has 11 nitrogen and oxygen atoms in total. The fraction of sp³-hybridized carbons (Fsp3) is 0.519. The van der Waals surface area contributed by atoms with Crippen LogP contribution >= 0.6 is 0 Å². The van der Waals surface area contributed by atoms with Crippen molar-refractivity contribution >= 4 is 23.9 Å². The molecule has 1 aromatic heterocycles. The quantitative estimate of drug-likeness (QED) is 0.563. The summed E-state index contributed by atoms with van der Waals surface area (Å²) in [5, 5.41) is 0. The number of ether oxygens (including phenoxy) is 3. The van der Waals surface area contributed by atoms with E-state index in [1.54, 1.807) is 4.90 Å². The highest BCUT2D eigenvalue weighted by Crippen LogP contribution is 2.22. The summed E-state index contributed by atoms with van der Waals surface area (Å²) in [6, 6.07) is 9.39. The van der Waals surface area contributed by atoms with E-state index < -0.39 is 11.7 Å². The number of piperidine rings is 1. The van der Waals surface area contributed by atoms with Crippen LogP contribution in [-0.2, 0) is 20.9 Å². The van der Waals surface area contributed by atoms with Gasteiger partial charge in [-0.3, -0.25) is 14.6 Å². The summed E-state index contributed by atoms with van der Waals surface area (Å²) in [6.45, 7) is 8.00. The number of likely N-dealkylation sites (tertiary alicyclic amines) is 1. The number of benzene rings is 1. The van der Waals surface area contributed by atoms with E-state index in [9.17, 15) is 14.4 Å².